The lowest BCUT2D eigenvalue weighted by molar-refractivity contribution is 0.617. The molecule has 0 amide bonds. The van der Waals surface area contributed by atoms with Crippen LogP contribution in [0.3, 0.4) is 0 Å². The van der Waals surface area contributed by atoms with E-state index in [-0.39, 0.29) is 0 Å². The molecular formula is C10H11N2. The van der Waals surface area contributed by atoms with Crippen LogP contribution in [0, 0.1) is 6.07 Å². The molecule has 2 rings (SSSR count). The molecule has 1 radical (unpaired) electrons. The van der Waals surface area contributed by atoms with Gasteiger partial charge in [0.2, 0.25) is 0 Å². The van der Waals surface area contributed by atoms with E-state index >= 15 is 0 Å². The standard InChI is InChI=1S/C10H11N2/c1-8(2)12-7-11-9-5-3-4-6-10(9)12/h3,5-8H,1-2H3. The van der Waals surface area contributed by atoms with Crippen LogP contribution in [-0.4, -0.2) is 9.55 Å². The predicted molar refractivity (Wildman–Crippen MR) is 49.0 cm³/mol. The van der Waals surface area contributed by atoms with Crippen LogP contribution in [0.1, 0.15) is 19.9 Å². The summed E-state index contributed by atoms with van der Waals surface area (Å²) in [6.45, 7) is 4.29. The molecule has 61 valence electrons. The van der Waals surface area contributed by atoms with Crippen molar-refractivity contribution in [2.75, 3.05) is 0 Å². The van der Waals surface area contributed by atoms with Gasteiger partial charge in [-0.2, -0.15) is 0 Å². The summed E-state index contributed by atoms with van der Waals surface area (Å²) in [5.74, 6) is 0. The highest BCUT2D eigenvalue weighted by molar-refractivity contribution is 5.74. The van der Waals surface area contributed by atoms with Crippen LogP contribution in [0.2, 0.25) is 0 Å². The molecule has 0 atom stereocenters. The van der Waals surface area contributed by atoms with Crippen molar-refractivity contribution in [2.45, 2.75) is 19.9 Å². The van der Waals surface area contributed by atoms with Crippen LogP contribution in [0.25, 0.3) is 11.0 Å². The van der Waals surface area contributed by atoms with Crippen molar-refractivity contribution in [1.82, 2.24) is 9.55 Å². The topological polar surface area (TPSA) is 17.8 Å². The van der Waals surface area contributed by atoms with E-state index in [0.717, 1.165) is 11.0 Å². The van der Waals surface area contributed by atoms with Gasteiger partial charge in [0.05, 0.1) is 17.4 Å². The van der Waals surface area contributed by atoms with E-state index in [0.29, 0.717) is 6.04 Å². The van der Waals surface area contributed by atoms with Crippen molar-refractivity contribution >= 4 is 11.0 Å². The maximum absolute atomic E-state index is 4.28. The summed E-state index contributed by atoms with van der Waals surface area (Å²) in [6.07, 6.45) is 1.88. The number of imidazole rings is 1. The number of benzene rings is 1. The molecule has 0 saturated carbocycles. The molecule has 0 aliphatic carbocycles. The normalized spacial score (nSPS) is 11.2. The van der Waals surface area contributed by atoms with E-state index in [4.69, 9.17) is 0 Å². The van der Waals surface area contributed by atoms with E-state index in [1.165, 1.54) is 0 Å². The van der Waals surface area contributed by atoms with Crippen molar-refractivity contribution in [2.24, 2.45) is 0 Å². The average molecular weight is 159 g/mol. The Labute approximate surface area is 71.8 Å². The quantitative estimate of drug-likeness (QED) is 0.624. The summed E-state index contributed by atoms with van der Waals surface area (Å²) in [5.41, 5.74) is 2.20. The number of hydrogen-bond acceptors (Lipinski definition) is 1. The van der Waals surface area contributed by atoms with Gasteiger partial charge in [-0.15, -0.1) is 0 Å². The molecule has 0 N–H and O–H groups in total. The van der Waals surface area contributed by atoms with Gasteiger partial charge in [0.25, 0.3) is 0 Å². The molecule has 0 saturated heterocycles. The van der Waals surface area contributed by atoms with Gasteiger partial charge in [0.1, 0.15) is 0 Å². The summed E-state index contributed by atoms with van der Waals surface area (Å²) in [6, 6.07) is 9.36. The average Bonchev–Trinajstić information content (AvgIpc) is 2.47. The Bertz CT molecular complexity index is 387. The molecular weight excluding hydrogens is 148 g/mol. The first-order valence-corrected chi connectivity index (χ1v) is 4.11. The zero-order chi connectivity index (χ0) is 8.55. The molecule has 0 aliphatic rings. The van der Waals surface area contributed by atoms with Crippen LogP contribution in [-0.2, 0) is 0 Å². The van der Waals surface area contributed by atoms with Crippen LogP contribution < -0.4 is 0 Å². The van der Waals surface area contributed by atoms with E-state index in [1.807, 2.05) is 24.5 Å². The lowest BCUT2D eigenvalue weighted by Gasteiger charge is -2.06. The minimum absolute atomic E-state index is 0.464. The summed E-state index contributed by atoms with van der Waals surface area (Å²) < 4.78 is 2.14. The molecule has 0 aliphatic heterocycles. The van der Waals surface area contributed by atoms with Crippen LogP contribution in [0.4, 0.5) is 0 Å². The molecule has 12 heavy (non-hydrogen) atoms. The fourth-order valence-corrected chi connectivity index (χ4v) is 1.33. The van der Waals surface area contributed by atoms with Crippen molar-refractivity contribution in [3.63, 3.8) is 0 Å². The highest BCUT2D eigenvalue weighted by atomic mass is 15.1. The van der Waals surface area contributed by atoms with Gasteiger partial charge in [-0.25, -0.2) is 4.98 Å². The second-order valence-corrected chi connectivity index (χ2v) is 3.16. The lowest BCUT2D eigenvalue weighted by Crippen LogP contribution is -1.97. The molecule has 0 bridgehead atoms. The Balaban J connectivity index is 2.70. The Hall–Kier alpha value is -1.31. The van der Waals surface area contributed by atoms with Crippen molar-refractivity contribution < 1.29 is 0 Å². The molecule has 1 aromatic heterocycles. The SMILES string of the molecule is CC(C)n1cnc2cc[c]cc21. The van der Waals surface area contributed by atoms with E-state index in [2.05, 4.69) is 29.5 Å². The van der Waals surface area contributed by atoms with E-state index in [1.54, 1.807) is 0 Å². The first-order chi connectivity index (χ1) is 5.79. The zero-order valence-electron chi connectivity index (χ0n) is 7.28. The second-order valence-electron chi connectivity index (χ2n) is 3.16. The third kappa shape index (κ3) is 0.998. The predicted octanol–water partition coefficient (Wildman–Crippen LogP) is 2.42. The monoisotopic (exact) mass is 159 g/mol. The molecule has 0 fully saturated rings. The fourth-order valence-electron chi connectivity index (χ4n) is 1.33. The Morgan fingerprint density at radius 3 is 3.08 bits per heavy atom. The number of fused-ring (bicyclic) bond motifs is 1. The number of rotatable bonds is 1. The van der Waals surface area contributed by atoms with Gasteiger partial charge >= 0.3 is 0 Å². The van der Waals surface area contributed by atoms with Crippen LogP contribution in [0.15, 0.2) is 24.5 Å². The molecule has 0 spiro atoms. The van der Waals surface area contributed by atoms with E-state index < -0.39 is 0 Å². The number of hydrogen-bond donors (Lipinski definition) is 0. The van der Waals surface area contributed by atoms with Crippen LogP contribution >= 0.6 is 0 Å². The van der Waals surface area contributed by atoms with Gasteiger partial charge < -0.3 is 4.57 Å². The highest BCUT2D eigenvalue weighted by Gasteiger charge is 2.02. The maximum Gasteiger partial charge on any atom is 0.0960 e. The van der Waals surface area contributed by atoms with Crippen LogP contribution in [0.5, 0.6) is 0 Å². The van der Waals surface area contributed by atoms with Gasteiger partial charge in [-0.3, -0.25) is 0 Å². The van der Waals surface area contributed by atoms with Gasteiger partial charge in [-0.1, -0.05) is 6.07 Å². The zero-order valence-corrected chi connectivity index (χ0v) is 7.28. The van der Waals surface area contributed by atoms with Gasteiger partial charge in [0, 0.05) is 6.04 Å². The Kier molecular flexibility index (Phi) is 1.61. The molecule has 1 heterocycles. The number of nitrogens with zero attached hydrogens (tertiary/aromatic N) is 2. The third-order valence-corrected chi connectivity index (χ3v) is 1.98. The fraction of sp³-hybridized carbons (Fsp3) is 0.300. The molecule has 2 heteroatoms. The summed E-state index contributed by atoms with van der Waals surface area (Å²) in [7, 11) is 0. The van der Waals surface area contributed by atoms with Crippen molar-refractivity contribution in [3.8, 4) is 0 Å². The van der Waals surface area contributed by atoms with Crippen molar-refractivity contribution in [3.05, 3.63) is 30.6 Å². The minimum Gasteiger partial charge on any atom is -0.328 e. The summed E-state index contributed by atoms with van der Waals surface area (Å²) in [5, 5.41) is 0. The van der Waals surface area contributed by atoms with Gasteiger partial charge in [-0.05, 0) is 32.0 Å². The highest BCUT2D eigenvalue weighted by Crippen LogP contribution is 2.15. The summed E-state index contributed by atoms with van der Waals surface area (Å²) >= 11 is 0. The number of aromatic nitrogens is 2. The van der Waals surface area contributed by atoms with E-state index in [9.17, 15) is 0 Å². The maximum atomic E-state index is 4.28. The third-order valence-electron chi connectivity index (χ3n) is 1.98. The first kappa shape index (κ1) is 7.35. The molecule has 1 aromatic carbocycles. The van der Waals surface area contributed by atoms with Crippen molar-refractivity contribution in [1.29, 1.82) is 0 Å². The Morgan fingerprint density at radius 1 is 1.50 bits per heavy atom. The first-order valence-electron chi connectivity index (χ1n) is 4.11. The van der Waals surface area contributed by atoms with Gasteiger partial charge in [0.15, 0.2) is 0 Å². The minimum atomic E-state index is 0.464. The second kappa shape index (κ2) is 2.63. The largest absolute Gasteiger partial charge is 0.328 e. The Morgan fingerprint density at radius 2 is 2.33 bits per heavy atom. The lowest BCUT2D eigenvalue weighted by atomic mass is 10.3. The molecule has 0 unspecified atom stereocenters. The molecule has 2 aromatic rings. The smallest absolute Gasteiger partial charge is 0.0960 e. The molecule has 2 nitrogen and oxygen atoms in total. The summed E-state index contributed by atoms with van der Waals surface area (Å²) in [4.78, 5) is 4.28.